The smallest absolute Gasteiger partial charge is 0.337 e. The zero-order valence-corrected chi connectivity index (χ0v) is 14.4. The van der Waals surface area contributed by atoms with Crippen LogP contribution in [0.1, 0.15) is 27.0 Å². The first-order valence-corrected chi connectivity index (χ1v) is 7.70. The van der Waals surface area contributed by atoms with E-state index in [1.54, 1.807) is 24.3 Å². The SMILES string of the molecule is COC(=O)c1ccc(/C=N/NC(=O)COc2cccc(C)c2C)cc1. The Morgan fingerprint density at radius 3 is 2.52 bits per heavy atom. The average Bonchev–Trinajstić information content (AvgIpc) is 2.63. The number of rotatable bonds is 6. The van der Waals surface area contributed by atoms with Crippen molar-refractivity contribution in [2.45, 2.75) is 13.8 Å². The van der Waals surface area contributed by atoms with Gasteiger partial charge in [0.15, 0.2) is 6.61 Å². The number of amides is 1. The Balaban J connectivity index is 1.84. The topological polar surface area (TPSA) is 77.0 Å². The number of ether oxygens (including phenoxy) is 2. The lowest BCUT2D eigenvalue weighted by Crippen LogP contribution is -2.24. The van der Waals surface area contributed by atoms with E-state index in [9.17, 15) is 9.59 Å². The van der Waals surface area contributed by atoms with Crippen molar-refractivity contribution < 1.29 is 19.1 Å². The number of methoxy groups -OCH3 is 1. The number of aryl methyl sites for hydroxylation is 1. The van der Waals surface area contributed by atoms with Crippen molar-refractivity contribution in [2.24, 2.45) is 5.10 Å². The second-order valence-electron chi connectivity index (χ2n) is 5.39. The molecule has 0 spiro atoms. The Labute approximate surface area is 146 Å². The standard InChI is InChI=1S/C19H20N2O4/c1-13-5-4-6-17(14(13)2)25-12-18(22)21-20-11-15-7-9-16(10-8-15)19(23)24-3/h4-11H,12H2,1-3H3,(H,21,22)/b20-11+. The number of nitrogens with one attached hydrogen (secondary N) is 1. The van der Waals surface area contributed by atoms with Crippen LogP contribution in [-0.2, 0) is 9.53 Å². The fraction of sp³-hybridized carbons (Fsp3) is 0.211. The van der Waals surface area contributed by atoms with Crippen LogP contribution < -0.4 is 10.2 Å². The van der Waals surface area contributed by atoms with Crippen LogP contribution in [0.25, 0.3) is 0 Å². The zero-order valence-electron chi connectivity index (χ0n) is 14.4. The number of hydrogen-bond donors (Lipinski definition) is 1. The number of carbonyl (C=O) groups excluding carboxylic acids is 2. The highest BCUT2D eigenvalue weighted by molar-refractivity contribution is 5.90. The lowest BCUT2D eigenvalue weighted by atomic mass is 10.1. The Bertz CT molecular complexity index is 783. The largest absolute Gasteiger partial charge is 0.483 e. The third kappa shape index (κ3) is 5.17. The van der Waals surface area contributed by atoms with Gasteiger partial charge in [-0.2, -0.15) is 5.10 Å². The summed E-state index contributed by atoms with van der Waals surface area (Å²) in [4.78, 5) is 23.1. The molecule has 0 heterocycles. The van der Waals surface area contributed by atoms with E-state index >= 15 is 0 Å². The molecule has 0 bridgehead atoms. The van der Waals surface area contributed by atoms with E-state index in [4.69, 9.17) is 4.74 Å². The van der Waals surface area contributed by atoms with Gasteiger partial charge in [0, 0.05) is 0 Å². The van der Waals surface area contributed by atoms with Crippen molar-refractivity contribution in [1.29, 1.82) is 0 Å². The third-order valence-corrected chi connectivity index (χ3v) is 3.65. The van der Waals surface area contributed by atoms with Crippen LogP contribution in [0.3, 0.4) is 0 Å². The molecule has 0 unspecified atom stereocenters. The van der Waals surface area contributed by atoms with Gasteiger partial charge in [-0.1, -0.05) is 24.3 Å². The van der Waals surface area contributed by atoms with Crippen molar-refractivity contribution in [1.82, 2.24) is 5.43 Å². The molecule has 130 valence electrons. The van der Waals surface area contributed by atoms with Gasteiger partial charge in [-0.3, -0.25) is 4.79 Å². The van der Waals surface area contributed by atoms with Gasteiger partial charge in [0.25, 0.3) is 5.91 Å². The van der Waals surface area contributed by atoms with Gasteiger partial charge in [0.05, 0.1) is 18.9 Å². The Hall–Kier alpha value is -3.15. The number of carbonyl (C=O) groups is 2. The molecule has 6 heteroatoms. The molecular weight excluding hydrogens is 320 g/mol. The van der Waals surface area contributed by atoms with E-state index in [0.717, 1.165) is 16.7 Å². The van der Waals surface area contributed by atoms with E-state index < -0.39 is 5.97 Å². The van der Waals surface area contributed by atoms with E-state index in [-0.39, 0.29) is 12.5 Å². The fourth-order valence-electron chi connectivity index (χ4n) is 2.06. The van der Waals surface area contributed by atoms with Crippen LogP contribution in [-0.4, -0.2) is 31.8 Å². The molecule has 0 radical (unpaired) electrons. The molecule has 0 saturated carbocycles. The van der Waals surface area contributed by atoms with Gasteiger partial charge in [0.1, 0.15) is 5.75 Å². The number of nitrogens with zero attached hydrogens (tertiary/aromatic N) is 1. The summed E-state index contributed by atoms with van der Waals surface area (Å²) in [5, 5.41) is 3.87. The van der Waals surface area contributed by atoms with Crippen molar-refractivity contribution in [3.05, 3.63) is 64.7 Å². The molecular formula is C19H20N2O4. The lowest BCUT2D eigenvalue weighted by molar-refractivity contribution is -0.123. The normalized spacial score (nSPS) is 10.5. The summed E-state index contributed by atoms with van der Waals surface area (Å²) in [6.45, 7) is 3.81. The minimum absolute atomic E-state index is 0.122. The van der Waals surface area contributed by atoms with Crippen LogP contribution in [0.5, 0.6) is 5.75 Å². The Morgan fingerprint density at radius 1 is 1.12 bits per heavy atom. The minimum Gasteiger partial charge on any atom is -0.483 e. The summed E-state index contributed by atoms with van der Waals surface area (Å²) >= 11 is 0. The molecule has 6 nitrogen and oxygen atoms in total. The first kappa shape index (κ1) is 18.2. The van der Waals surface area contributed by atoms with Crippen LogP contribution in [0.4, 0.5) is 0 Å². The fourth-order valence-corrected chi connectivity index (χ4v) is 2.06. The van der Waals surface area contributed by atoms with Gasteiger partial charge in [0.2, 0.25) is 0 Å². The summed E-state index contributed by atoms with van der Waals surface area (Å²) in [6.07, 6.45) is 1.48. The highest BCUT2D eigenvalue weighted by Gasteiger charge is 2.06. The number of benzene rings is 2. The molecule has 1 N–H and O–H groups in total. The molecule has 2 rings (SSSR count). The van der Waals surface area contributed by atoms with E-state index in [0.29, 0.717) is 11.3 Å². The molecule has 0 fully saturated rings. The molecule has 25 heavy (non-hydrogen) atoms. The van der Waals surface area contributed by atoms with E-state index in [2.05, 4.69) is 15.3 Å². The van der Waals surface area contributed by atoms with Gasteiger partial charge < -0.3 is 9.47 Å². The van der Waals surface area contributed by atoms with Crippen molar-refractivity contribution in [2.75, 3.05) is 13.7 Å². The highest BCUT2D eigenvalue weighted by atomic mass is 16.5. The van der Waals surface area contributed by atoms with Crippen LogP contribution in [0, 0.1) is 13.8 Å². The van der Waals surface area contributed by atoms with Gasteiger partial charge >= 0.3 is 5.97 Å². The van der Waals surface area contributed by atoms with Gasteiger partial charge in [-0.05, 0) is 48.7 Å². The second kappa shape index (κ2) is 8.63. The second-order valence-corrected chi connectivity index (χ2v) is 5.39. The van der Waals surface area contributed by atoms with Gasteiger partial charge in [-0.15, -0.1) is 0 Å². The maximum absolute atomic E-state index is 11.8. The number of hydrazone groups is 1. The Kier molecular flexibility index (Phi) is 6.28. The monoisotopic (exact) mass is 340 g/mol. The van der Waals surface area contributed by atoms with Crippen LogP contribution in [0.15, 0.2) is 47.6 Å². The number of esters is 1. The van der Waals surface area contributed by atoms with Crippen LogP contribution in [0.2, 0.25) is 0 Å². The quantitative estimate of drug-likeness (QED) is 0.498. The summed E-state index contributed by atoms with van der Waals surface area (Å²) < 4.78 is 10.1. The third-order valence-electron chi connectivity index (χ3n) is 3.65. The molecule has 0 aromatic heterocycles. The molecule has 2 aromatic carbocycles. The first-order chi connectivity index (χ1) is 12.0. The minimum atomic E-state index is -0.402. The van der Waals surface area contributed by atoms with Crippen molar-refractivity contribution >= 4 is 18.1 Å². The van der Waals surface area contributed by atoms with E-state index in [1.807, 2.05) is 32.0 Å². The summed E-state index contributed by atoms with van der Waals surface area (Å²) in [5.74, 6) is -0.0822. The number of hydrogen-bond acceptors (Lipinski definition) is 5. The predicted octanol–water partition coefficient (Wildman–Crippen LogP) is 2.62. The van der Waals surface area contributed by atoms with Crippen molar-refractivity contribution in [3.8, 4) is 5.75 Å². The maximum Gasteiger partial charge on any atom is 0.337 e. The Morgan fingerprint density at radius 2 is 1.84 bits per heavy atom. The zero-order chi connectivity index (χ0) is 18.2. The van der Waals surface area contributed by atoms with Gasteiger partial charge in [-0.25, -0.2) is 10.2 Å². The first-order valence-electron chi connectivity index (χ1n) is 7.70. The lowest BCUT2D eigenvalue weighted by Gasteiger charge is -2.09. The molecule has 0 aliphatic carbocycles. The van der Waals surface area contributed by atoms with Crippen LogP contribution >= 0.6 is 0 Å². The summed E-state index contributed by atoms with van der Waals surface area (Å²) in [5.41, 5.74) is 5.69. The molecule has 0 saturated heterocycles. The molecule has 0 aliphatic rings. The molecule has 0 aliphatic heterocycles. The molecule has 2 aromatic rings. The van der Waals surface area contributed by atoms with E-state index in [1.165, 1.54) is 13.3 Å². The summed E-state index contributed by atoms with van der Waals surface area (Å²) in [7, 11) is 1.33. The average molecular weight is 340 g/mol. The predicted molar refractivity (Wildman–Crippen MR) is 94.9 cm³/mol. The summed E-state index contributed by atoms with van der Waals surface area (Å²) in [6, 6.07) is 12.3. The van der Waals surface area contributed by atoms with Crippen molar-refractivity contribution in [3.63, 3.8) is 0 Å². The molecule has 0 atom stereocenters. The molecule has 1 amide bonds. The highest BCUT2D eigenvalue weighted by Crippen LogP contribution is 2.20. The maximum atomic E-state index is 11.8.